The molecule has 0 aliphatic rings. The van der Waals surface area contributed by atoms with Crippen LogP contribution in [0.25, 0.3) is 22.2 Å². The number of nitrogens with one attached hydrogen (secondary N) is 3. The zero-order chi connectivity index (χ0) is 20.9. The molecule has 0 amide bonds. The molecule has 0 radical (unpaired) electrons. The fraction of sp³-hybridized carbons (Fsp3) is 0.148. The average molecular weight is 407 g/mol. The van der Waals surface area contributed by atoms with Gasteiger partial charge in [-0.15, -0.1) is 0 Å². The summed E-state index contributed by atoms with van der Waals surface area (Å²) in [6.45, 7) is 0.887. The maximum absolute atomic E-state index is 4.94. The van der Waals surface area contributed by atoms with E-state index in [9.17, 15) is 0 Å². The summed E-state index contributed by atoms with van der Waals surface area (Å²) in [5, 5.41) is 5.02. The van der Waals surface area contributed by atoms with Gasteiger partial charge in [-0.25, -0.2) is 4.98 Å². The van der Waals surface area contributed by atoms with Crippen molar-refractivity contribution in [1.29, 1.82) is 0 Å². The van der Waals surface area contributed by atoms with E-state index in [1.807, 2.05) is 24.4 Å². The quantitative estimate of drug-likeness (QED) is 0.311. The standard InChI is InChI=1S/C27H26N4/c1-3-9-20(10-4-1)15-16-28-25(17-22-18-29-24-14-8-7-13-23(22)24)27-30-19-26(31-27)21-11-5-2-6-12-21/h1-14,18-19,25,28-29H,15-17H2,(H,30,31)/t25-/m1/s1. The van der Waals surface area contributed by atoms with Crippen LogP contribution in [0.5, 0.6) is 0 Å². The second-order valence-electron chi connectivity index (χ2n) is 7.84. The number of fused-ring (bicyclic) bond motifs is 1. The fourth-order valence-corrected chi connectivity index (χ4v) is 4.09. The van der Waals surface area contributed by atoms with Crippen molar-refractivity contribution in [2.75, 3.05) is 6.54 Å². The summed E-state index contributed by atoms with van der Waals surface area (Å²) in [6, 6.07) is 29.5. The molecule has 0 spiro atoms. The SMILES string of the molecule is c1ccc(CCN[C@H](Cc2c[nH]c3ccccc23)c2nc(-c3ccccc3)c[nH]2)cc1. The van der Waals surface area contributed by atoms with Crippen LogP contribution in [-0.4, -0.2) is 21.5 Å². The van der Waals surface area contributed by atoms with Gasteiger partial charge in [0.2, 0.25) is 0 Å². The Balaban J connectivity index is 1.39. The van der Waals surface area contributed by atoms with Gasteiger partial charge >= 0.3 is 0 Å². The molecule has 2 heterocycles. The molecule has 0 fully saturated rings. The van der Waals surface area contributed by atoms with Gasteiger partial charge in [0.25, 0.3) is 0 Å². The van der Waals surface area contributed by atoms with Crippen LogP contribution in [0.2, 0.25) is 0 Å². The third kappa shape index (κ3) is 4.44. The highest BCUT2D eigenvalue weighted by molar-refractivity contribution is 5.83. The molecule has 0 saturated carbocycles. The number of rotatable bonds is 8. The van der Waals surface area contributed by atoms with Gasteiger partial charge in [-0.3, -0.25) is 0 Å². The highest BCUT2D eigenvalue weighted by atomic mass is 15.0. The smallest absolute Gasteiger partial charge is 0.124 e. The molecule has 4 heteroatoms. The van der Waals surface area contributed by atoms with Crippen LogP contribution < -0.4 is 5.32 Å². The van der Waals surface area contributed by atoms with E-state index in [1.54, 1.807) is 0 Å². The van der Waals surface area contributed by atoms with Crippen LogP contribution in [0, 0.1) is 0 Å². The van der Waals surface area contributed by atoms with E-state index in [2.05, 4.69) is 88.2 Å². The first-order chi connectivity index (χ1) is 15.4. The molecule has 0 unspecified atom stereocenters. The van der Waals surface area contributed by atoms with Crippen molar-refractivity contribution in [3.05, 3.63) is 114 Å². The van der Waals surface area contributed by atoms with Crippen LogP contribution in [-0.2, 0) is 12.8 Å². The van der Waals surface area contributed by atoms with E-state index in [0.717, 1.165) is 36.5 Å². The Labute approximate surface area is 182 Å². The molecule has 0 aliphatic carbocycles. The second-order valence-corrected chi connectivity index (χ2v) is 7.84. The van der Waals surface area contributed by atoms with Gasteiger partial charge < -0.3 is 15.3 Å². The minimum absolute atomic E-state index is 0.0976. The number of nitrogens with zero attached hydrogens (tertiary/aromatic N) is 1. The second kappa shape index (κ2) is 9.02. The van der Waals surface area contributed by atoms with Crippen molar-refractivity contribution in [3.63, 3.8) is 0 Å². The number of hydrogen-bond donors (Lipinski definition) is 3. The van der Waals surface area contributed by atoms with Gasteiger partial charge in [0.1, 0.15) is 5.82 Å². The summed E-state index contributed by atoms with van der Waals surface area (Å²) < 4.78 is 0. The minimum Gasteiger partial charge on any atom is -0.361 e. The summed E-state index contributed by atoms with van der Waals surface area (Å²) in [4.78, 5) is 11.8. The van der Waals surface area contributed by atoms with Crippen molar-refractivity contribution in [2.45, 2.75) is 18.9 Å². The van der Waals surface area contributed by atoms with E-state index >= 15 is 0 Å². The van der Waals surface area contributed by atoms with E-state index in [0.29, 0.717) is 0 Å². The Kier molecular flexibility index (Phi) is 5.63. The van der Waals surface area contributed by atoms with Crippen LogP contribution in [0.4, 0.5) is 0 Å². The van der Waals surface area contributed by atoms with Crippen LogP contribution in [0.3, 0.4) is 0 Å². The van der Waals surface area contributed by atoms with Crippen molar-refractivity contribution in [3.8, 4) is 11.3 Å². The summed E-state index contributed by atoms with van der Waals surface area (Å²) in [7, 11) is 0. The lowest BCUT2D eigenvalue weighted by Gasteiger charge is -2.17. The number of H-pyrrole nitrogens is 2. The van der Waals surface area contributed by atoms with Gasteiger partial charge in [0.15, 0.2) is 0 Å². The van der Waals surface area contributed by atoms with E-state index < -0.39 is 0 Å². The zero-order valence-corrected chi connectivity index (χ0v) is 17.4. The van der Waals surface area contributed by atoms with Crippen LogP contribution >= 0.6 is 0 Å². The minimum atomic E-state index is 0.0976. The third-order valence-electron chi connectivity index (χ3n) is 5.74. The first kappa shape index (κ1) is 19.3. The molecule has 3 N–H and O–H groups in total. The molecule has 1 atom stereocenters. The topological polar surface area (TPSA) is 56.5 Å². The monoisotopic (exact) mass is 406 g/mol. The molecule has 0 bridgehead atoms. The summed E-state index contributed by atoms with van der Waals surface area (Å²) in [6.07, 6.45) is 5.97. The molecule has 0 aliphatic heterocycles. The molecule has 5 aromatic rings. The van der Waals surface area contributed by atoms with Gasteiger partial charge in [0.05, 0.1) is 11.7 Å². The molecule has 0 saturated heterocycles. The molecule has 4 nitrogen and oxygen atoms in total. The first-order valence-electron chi connectivity index (χ1n) is 10.8. The lowest BCUT2D eigenvalue weighted by molar-refractivity contribution is 0.514. The van der Waals surface area contributed by atoms with E-state index in [1.165, 1.54) is 22.0 Å². The largest absolute Gasteiger partial charge is 0.361 e. The van der Waals surface area contributed by atoms with Crippen LogP contribution in [0.15, 0.2) is 97.3 Å². The number of para-hydroxylation sites is 1. The maximum Gasteiger partial charge on any atom is 0.124 e. The molecule has 3 aromatic carbocycles. The molecule has 31 heavy (non-hydrogen) atoms. The lowest BCUT2D eigenvalue weighted by atomic mass is 10.0. The number of benzene rings is 3. The molecule has 2 aromatic heterocycles. The predicted octanol–water partition coefficient (Wildman–Crippen LogP) is 5.67. The Hall–Kier alpha value is -3.63. The fourth-order valence-electron chi connectivity index (χ4n) is 4.09. The number of aromatic amines is 2. The van der Waals surface area contributed by atoms with Gasteiger partial charge in [-0.05, 0) is 36.6 Å². The molecule has 154 valence electrons. The number of imidazole rings is 1. The lowest BCUT2D eigenvalue weighted by Crippen LogP contribution is -2.26. The highest BCUT2D eigenvalue weighted by Crippen LogP contribution is 2.25. The molecule has 5 rings (SSSR count). The normalized spacial score (nSPS) is 12.3. The summed E-state index contributed by atoms with van der Waals surface area (Å²) in [5.41, 5.74) is 5.91. The Morgan fingerprint density at radius 3 is 2.35 bits per heavy atom. The maximum atomic E-state index is 4.94. The van der Waals surface area contributed by atoms with Crippen molar-refractivity contribution in [2.24, 2.45) is 0 Å². The average Bonchev–Trinajstić information content (AvgIpc) is 3.48. The highest BCUT2D eigenvalue weighted by Gasteiger charge is 2.18. The van der Waals surface area contributed by atoms with Gasteiger partial charge in [0, 0.05) is 28.9 Å². The first-order valence-corrected chi connectivity index (χ1v) is 10.8. The number of hydrogen-bond acceptors (Lipinski definition) is 2. The molecular formula is C27H26N4. The van der Waals surface area contributed by atoms with E-state index in [-0.39, 0.29) is 6.04 Å². The number of aromatic nitrogens is 3. The van der Waals surface area contributed by atoms with E-state index in [4.69, 9.17) is 4.98 Å². The predicted molar refractivity (Wildman–Crippen MR) is 127 cm³/mol. The Bertz CT molecular complexity index is 1240. The Morgan fingerprint density at radius 2 is 1.52 bits per heavy atom. The Morgan fingerprint density at radius 1 is 0.774 bits per heavy atom. The molecular weight excluding hydrogens is 380 g/mol. The van der Waals surface area contributed by atoms with Crippen molar-refractivity contribution < 1.29 is 0 Å². The van der Waals surface area contributed by atoms with Crippen molar-refractivity contribution >= 4 is 10.9 Å². The summed E-state index contributed by atoms with van der Waals surface area (Å²) >= 11 is 0. The third-order valence-corrected chi connectivity index (χ3v) is 5.74. The van der Waals surface area contributed by atoms with Gasteiger partial charge in [-0.1, -0.05) is 78.9 Å². The van der Waals surface area contributed by atoms with Crippen LogP contribution in [0.1, 0.15) is 23.0 Å². The van der Waals surface area contributed by atoms with Crippen molar-refractivity contribution in [1.82, 2.24) is 20.3 Å². The summed E-state index contributed by atoms with van der Waals surface area (Å²) in [5.74, 6) is 0.970. The van der Waals surface area contributed by atoms with Gasteiger partial charge in [-0.2, -0.15) is 0 Å². The zero-order valence-electron chi connectivity index (χ0n) is 17.4.